The molecule has 1 N–H and O–H groups in total. The second-order valence-corrected chi connectivity index (χ2v) is 7.45. The lowest BCUT2D eigenvalue weighted by atomic mass is 10.1. The van der Waals surface area contributed by atoms with Crippen LogP contribution in [0.1, 0.15) is 11.6 Å². The Hall–Kier alpha value is -1.19. The standard InChI is InChI=1S/C16H28N2O5S/c1-18(2)16(14-5-7-15(22-4)8-6-14)13-17-24(19,20)12-11-23-10-9-21-3/h5-8,16-17H,9-13H2,1-4H3. The van der Waals surface area contributed by atoms with Gasteiger partial charge in [0, 0.05) is 19.7 Å². The van der Waals surface area contributed by atoms with Gasteiger partial charge in [-0.2, -0.15) is 0 Å². The summed E-state index contributed by atoms with van der Waals surface area (Å²) >= 11 is 0. The third kappa shape index (κ3) is 7.59. The van der Waals surface area contributed by atoms with E-state index in [1.807, 2.05) is 43.3 Å². The Morgan fingerprint density at radius 1 is 1.08 bits per heavy atom. The van der Waals surface area contributed by atoms with Crippen LogP contribution in [0.4, 0.5) is 0 Å². The van der Waals surface area contributed by atoms with Crippen molar-refractivity contribution in [1.82, 2.24) is 9.62 Å². The SMILES string of the molecule is COCCOCCS(=O)(=O)NCC(c1ccc(OC)cc1)N(C)C. The van der Waals surface area contributed by atoms with Crippen LogP contribution in [0.5, 0.6) is 5.75 Å². The molecule has 1 aromatic rings. The third-order valence-corrected chi connectivity index (χ3v) is 4.86. The maximum Gasteiger partial charge on any atom is 0.213 e. The lowest BCUT2D eigenvalue weighted by molar-refractivity contribution is 0.0784. The highest BCUT2D eigenvalue weighted by molar-refractivity contribution is 7.89. The molecule has 0 aliphatic heterocycles. The third-order valence-electron chi connectivity index (χ3n) is 3.55. The van der Waals surface area contributed by atoms with Crippen molar-refractivity contribution in [2.24, 2.45) is 0 Å². The van der Waals surface area contributed by atoms with Crippen LogP contribution in [0.25, 0.3) is 0 Å². The van der Waals surface area contributed by atoms with E-state index >= 15 is 0 Å². The van der Waals surface area contributed by atoms with Crippen LogP contribution in [0.3, 0.4) is 0 Å². The molecular formula is C16H28N2O5S. The molecular weight excluding hydrogens is 332 g/mol. The van der Waals surface area contributed by atoms with E-state index in [1.54, 1.807) is 14.2 Å². The molecule has 0 saturated carbocycles. The Bertz CT molecular complexity index is 560. The molecule has 1 aromatic carbocycles. The van der Waals surface area contributed by atoms with Gasteiger partial charge in [-0.1, -0.05) is 12.1 Å². The molecule has 1 rings (SSSR count). The molecule has 0 heterocycles. The zero-order valence-corrected chi connectivity index (χ0v) is 15.6. The molecule has 0 aromatic heterocycles. The van der Waals surface area contributed by atoms with Crippen molar-refractivity contribution < 1.29 is 22.6 Å². The van der Waals surface area contributed by atoms with E-state index in [9.17, 15) is 8.42 Å². The Balaban J connectivity index is 2.55. The van der Waals surface area contributed by atoms with Crippen molar-refractivity contribution in [3.63, 3.8) is 0 Å². The van der Waals surface area contributed by atoms with E-state index in [2.05, 4.69) is 4.72 Å². The van der Waals surface area contributed by atoms with Gasteiger partial charge in [-0.25, -0.2) is 13.1 Å². The summed E-state index contributed by atoms with van der Waals surface area (Å²) in [4.78, 5) is 1.97. The highest BCUT2D eigenvalue weighted by atomic mass is 32.2. The molecule has 138 valence electrons. The fourth-order valence-corrected chi connectivity index (χ4v) is 3.01. The number of ether oxygens (including phenoxy) is 3. The largest absolute Gasteiger partial charge is 0.497 e. The summed E-state index contributed by atoms with van der Waals surface area (Å²) in [6.45, 7) is 1.28. The van der Waals surface area contributed by atoms with Gasteiger partial charge in [0.2, 0.25) is 10.0 Å². The highest BCUT2D eigenvalue weighted by Crippen LogP contribution is 2.20. The first kappa shape index (κ1) is 20.9. The molecule has 0 radical (unpaired) electrons. The van der Waals surface area contributed by atoms with Crippen LogP contribution in [-0.4, -0.2) is 73.8 Å². The van der Waals surface area contributed by atoms with E-state index in [0.717, 1.165) is 11.3 Å². The first-order valence-corrected chi connectivity index (χ1v) is 9.39. The maximum atomic E-state index is 12.1. The molecule has 0 saturated heterocycles. The minimum Gasteiger partial charge on any atom is -0.497 e. The second kappa shape index (κ2) is 10.6. The first-order chi connectivity index (χ1) is 11.4. The number of rotatable bonds is 12. The Kier molecular flexibility index (Phi) is 9.24. The molecule has 0 spiro atoms. The van der Waals surface area contributed by atoms with Gasteiger partial charge in [0.15, 0.2) is 0 Å². The maximum absolute atomic E-state index is 12.1. The van der Waals surface area contributed by atoms with E-state index in [4.69, 9.17) is 14.2 Å². The molecule has 0 bridgehead atoms. The average molecular weight is 360 g/mol. The Morgan fingerprint density at radius 2 is 1.75 bits per heavy atom. The molecule has 24 heavy (non-hydrogen) atoms. The highest BCUT2D eigenvalue weighted by Gasteiger charge is 2.18. The molecule has 1 atom stereocenters. The molecule has 0 aliphatic rings. The summed E-state index contributed by atoms with van der Waals surface area (Å²) in [5, 5.41) is 0. The Labute approximate surface area is 144 Å². The predicted molar refractivity (Wildman–Crippen MR) is 93.9 cm³/mol. The number of sulfonamides is 1. The Morgan fingerprint density at radius 3 is 2.29 bits per heavy atom. The number of likely N-dealkylation sites (N-methyl/N-ethyl adjacent to an activating group) is 1. The molecule has 0 amide bonds. The summed E-state index contributed by atoms with van der Waals surface area (Å²) in [6.07, 6.45) is 0. The van der Waals surface area contributed by atoms with Crippen molar-refractivity contribution >= 4 is 10.0 Å². The number of nitrogens with zero attached hydrogens (tertiary/aromatic N) is 1. The predicted octanol–water partition coefficient (Wildman–Crippen LogP) is 0.880. The van der Waals surface area contributed by atoms with Gasteiger partial charge in [0.05, 0.1) is 32.7 Å². The van der Waals surface area contributed by atoms with E-state index < -0.39 is 10.0 Å². The molecule has 8 heteroatoms. The van der Waals surface area contributed by atoms with Gasteiger partial charge in [-0.15, -0.1) is 0 Å². The van der Waals surface area contributed by atoms with Crippen molar-refractivity contribution in [2.45, 2.75) is 6.04 Å². The summed E-state index contributed by atoms with van der Waals surface area (Å²) < 4.78 is 42.0. The van der Waals surface area contributed by atoms with Gasteiger partial charge in [0.25, 0.3) is 0 Å². The van der Waals surface area contributed by atoms with Gasteiger partial charge in [-0.05, 0) is 31.8 Å². The minimum absolute atomic E-state index is 0.0694. The molecule has 1 unspecified atom stereocenters. The van der Waals surface area contributed by atoms with Crippen molar-refractivity contribution in [2.75, 3.05) is 60.4 Å². The van der Waals surface area contributed by atoms with E-state index in [0.29, 0.717) is 19.8 Å². The van der Waals surface area contributed by atoms with Crippen molar-refractivity contribution in [3.8, 4) is 5.75 Å². The van der Waals surface area contributed by atoms with Gasteiger partial charge >= 0.3 is 0 Å². The number of hydrogen-bond acceptors (Lipinski definition) is 6. The summed E-state index contributed by atoms with van der Waals surface area (Å²) in [6, 6.07) is 7.53. The topological polar surface area (TPSA) is 77.1 Å². The lowest BCUT2D eigenvalue weighted by Gasteiger charge is -2.25. The smallest absolute Gasteiger partial charge is 0.213 e. The molecule has 7 nitrogen and oxygen atoms in total. The fourth-order valence-electron chi connectivity index (χ4n) is 2.12. The van der Waals surface area contributed by atoms with Crippen molar-refractivity contribution in [1.29, 1.82) is 0 Å². The van der Waals surface area contributed by atoms with Gasteiger partial charge in [0.1, 0.15) is 5.75 Å². The summed E-state index contributed by atoms with van der Waals surface area (Å²) in [7, 11) is 3.63. The fraction of sp³-hybridized carbons (Fsp3) is 0.625. The van der Waals surface area contributed by atoms with Crippen LogP contribution in [0, 0.1) is 0 Å². The number of nitrogens with one attached hydrogen (secondary N) is 1. The van der Waals surface area contributed by atoms with Crippen LogP contribution < -0.4 is 9.46 Å². The lowest BCUT2D eigenvalue weighted by Crippen LogP contribution is -2.36. The van der Waals surface area contributed by atoms with Gasteiger partial charge in [-0.3, -0.25) is 0 Å². The van der Waals surface area contributed by atoms with Crippen LogP contribution in [0.2, 0.25) is 0 Å². The van der Waals surface area contributed by atoms with Gasteiger partial charge < -0.3 is 19.1 Å². The quantitative estimate of drug-likeness (QED) is 0.558. The van der Waals surface area contributed by atoms with E-state index in [-0.39, 0.29) is 18.4 Å². The van der Waals surface area contributed by atoms with Crippen LogP contribution in [-0.2, 0) is 19.5 Å². The average Bonchev–Trinajstić information content (AvgIpc) is 2.55. The summed E-state index contributed by atoms with van der Waals surface area (Å²) in [5.41, 5.74) is 1.01. The van der Waals surface area contributed by atoms with Crippen molar-refractivity contribution in [3.05, 3.63) is 29.8 Å². The molecule has 0 aliphatic carbocycles. The molecule has 0 fully saturated rings. The number of methoxy groups -OCH3 is 2. The zero-order chi connectivity index (χ0) is 18.0. The van der Waals surface area contributed by atoms with Crippen LogP contribution in [0.15, 0.2) is 24.3 Å². The van der Waals surface area contributed by atoms with Crippen LogP contribution >= 0.6 is 0 Å². The normalized spacial score (nSPS) is 13.2. The minimum atomic E-state index is -3.39. The monoisotopic (exact) mass is 360 g/mol. The zero-order valence-electron chi connectivity index (χ0n) is 14.8. The van der Waals surface area contributed by atoms with E-state index in [1.165, 1.54) is 0 Å². The first-order valence-electron chi connectivity index (χ1n) is 7.74. The number of benzene rings is 1. The number of hydrogen-bond donors (Lipinski definition) is 1. The second-order valence-electron chi connectivity index (χ2n) is 5.53. The summed E-state index contributed by atoms with van der Waals surface area (Å²) in [5.74, 6) is 0.699.